The molecule has 0 heterocycles. The Hall–Kier alpha value is -1.08. The molecule has 0 aromatic rings. The highest BCUT2D eigenvalue weighted by Crippen LogP contribution is 2.11. The van der Waals surface area contributed by atoms with Crippen molar-refractivity contribution in [2.45, 2.75) is 40.0 Å². The molecule has 4 nitrogen and oxygen atoms in total. The Kier molecular flexibility index (Phi) is 8.43. The van der Waals surface area contributed by atoms with Gasteiger partial charge in [0.2, 0.25) is 5.91 Å². The predicted molar refractivity (Wildman–Crippen MR) is 69.1 cm³/mol. The van der Waals surface area contributed by atoms with Crippen molar-refractivity contribution < 1.29 is 4.79 Å². The summed E-state index contributed by atoms with van der Waals surface area (Å²) in [6.07, 6.45) is 2.41. The molecule has 0 saturated heterocycles. The van der Waals surface area contributed by atoms with Gasteiger partial charge in [-0.3, -0.25) is 4.79 Å². The molecule has 0 aromatic heterocycles. The smallest absolute Gasteiger partial charge is 0.222 e. The Balaban J connectivity index is 4.05. The molecule has 98 valence electrons. The first-order valence-electron chi connectivity index (χ1n) is 6.42. The Morgan fingerprint density at radius 2 is 2.06 bits per heavy atom. The van der Waals surface area contributed by atoms with Crippen molar-refractivity contribution in [1.82, 2.24) is 4.90 Å². The van der Waals surface area contributed by atoms with Crippen LogP contribution in [0.2, 0.25) is 0 Å². The van der Waals surface area contributed by atoms with Crippen molar-refractivity contribution >= 4 is 5.91 Å². The van der Waals surface area contributed by atoms with Gasteiger partial charge in [-0.2, -0.15) is 5.26 Å². The molecule has 0 aromatic carbocycles. The zero-order chi connectivity index (χ0) is 13.3. The van der Waals surface area contributed by atoms with E-state index in [1.807, 2.05) is 13.8 Å². The van der Waals surface area contributed by atoms with Crippen LogP contribution in [0.25, 0.3) is 0 Å². The lowest BCUT2D eigenvalue weighted by molar-refractivity contribution is -0.131. The summed E-state index contributed by atoms with van der Waals surface area (Å²) >= 11 is 0. The highest BCUT2D eigenvalue weighted by atomic mass is 16.2. The van der Waals surface area contributed by atoms with E-state index in [1.165, 1.54) is 0 Å². The van der Waals surface area contributed by atoms with Crippen LogP contribution in [-0.4, -0.2) is 30.4 Å². The lowest BCUT2D eigenvalue weighted by Crippen LogP contribution is -2.34. The summed E-state index contributed by atoms with van der Waals surface area (Å²) in [5.74, 6) is 0.551. The first-order valence-corrected chi connectivity index (χ1v) is 6.42. The van der Waals surface area contributed by atoms with Gasteiger partial charge in [0.25, 0.3) is 0 Å². The minimum absolute atomic E-state index is 0.0969. The summed E-state index contributed by atoms with van der Waals surface area (Å²) in [5, 5.41) is 8.75. The number of hydrogen-bond acceptors (Lipinski definition) is 3. The van der Waals surface area contributed by atoms with E-state index in [4.69, 9.17) is 11.0 Å². The van der Waals surface area contributed by atoms with Crippen molar-refractivity contribution in [2.75, 3.05) is 19.6 Å². The molecule has 0 rings (SSSR count). The minimum Gasteiger partial charge on any atom is -0.342 e. The van der Waals surface area contributed by atoms with Crippen LogP contribution in [0, 0.1) is 23.2 Å². The van der Waals surface area contributed by atoms with Gasteiger partial charge in [0.15, 0.2) is 0 Å². The van der Waals surface area contributed by atoms with Gasteiger partial charge in [-0.25, -0.2) is 0 Å². The molecule has 0 radical (unpaired) electrons. The average Bonchev–Trinajstić information content (AvgIpc) is 2.32. The minimum atomic E-state index is -0.0969. The monoisotopic (exact) mass is 239 g/mol. The lowest BCUT2D eigenvalue weighted by atomic mass is 10.0. The molecule has 0 aliphatic carbocycles. The number of carbonyl (C=O) groups excluding carboxylic acids is 1. The lowest BCUT2D eigenvalue weighted by Gasteiger charge is -2.22. The fraction of sp³-hybridized carbons (Fsp3) is 0.846. The van der Waals surface area contributed by atoms with E-state index in [9.17, 15) is 4.79 Å². The van der Waals surface area contributed by atoms with Gasteiger partial charge in [-0.1, -0.05) is 6.92 Å². The fourth-order valence-electron chi connectivity index (χ4n) is 1.74. The molecule has 0 aliphatic rings. The van der Waals surface area contributed by atoms with E-state index in [0.717, 1.165) is 12.8 Å². The van der Waals surface area contributed by atoms with E-state index in [2.05, 4.69) is 13.0 Å². The quantitative estimate of drug-likeness (QED) is 0.701. The zero-order valence-electron chi connectivity index (χ0n) is 11.3. The van der Waals surface area contributed by atoms with Crippen molar-refractivity contribution in [3.63, 3.8) is 0 Å². The molecule has 2 unspecified atom stereocenters. The number of hydrogen-bond donors (Lipinski definition) is 1. The summed E-state index contributed by atoms with van der Waals surface area (Å²) in [6, 6.07) is 2.16. The second-order valence-corrected chi connectivity index (χ2v) is 4.68. The largest absolute Gasteiger partial charge is 0.342 e. The van der Waals surface area contributed by atoms with Gasteiger partial charge < -0.3 is 10.6 Å². The normalized spacial score (nSPS) is 13.8. The molecular formula is C13H25N3O. The van der Waals surface area contributed by atoms with Crippen LogP contribution in [0.15, 0.2) is 0 Å². The van der Waals surface area contributed by atoms with Crippen molar-refractivity contribution in [3.8, 4) is 6.07 Å². The highest BCUT2D eigenvalue weighted by molar-refractivity contribution is 5.76. The average molecular weight is 239 g/mol. The van der Waals surface area contributed by atoms with Gasteiger partial charge in [0.05, 0.1) is 12.0 Å². The van der Waals surface area contributed by atoms with Crippen LogP contribution in [-0.2, 0) is 4.79 Å². The SMILES string of the molecule is CCN(CC(C)C#N)C(=O)CCC(C)CCN. The van der Waals surface area contributed by atoms with E-state index in [1.54, 1.807) is 4.90 Å². The molecule has 0 fully saturated rings. The maximum atomic E-state index is 11.9. The van der Waals surface area contributed by atoms with Gasteiger partial charge in [-0.15, -0.1) is 0 Å². The molecule has 0 aliphatic heterocycles. The van der Waals surface area contributed by atoms with Crippen LogP contribution < -0.4 is 5.73 Å². The maximum absolute atomic E-state index is 11.9. The van der Waals surface area contributed by atoms with Crippen molar-refractivity contribution in [1.29, 1.82) is 5.26 Å². The van der Waals surface area contributed by atoms with Crippen LogP contribution in [0.5, 0.6) is 0 Å². The summed E-state index contributed by atoms with van der Waals surface area (Å²) in [4.78, 5) is 13.7. The number of nitrogens with two attached hydrogens (primary N) is 1. The zero-order valence-corrected chi connectivity index (χ0v) is 11.3. The predicted octanol–water partition coefficient (Wildman–Crippen LogP) is 1.76. The molecule has 0 saturated carbocycles. The van der Waals surface area contributed by atoms with Gasteiger partial charge in [0, 0.05) is 19.5 Å². The van der Waals surface area contributed by atoms with E-state index in [-0.39, 0.29) is 11.8 Å². The van der Waals surface area contributed by atoms with E-state index < -0.39 is 0 Å². The van der Waals surface area contributed by atoms with E-state index >= 15 is 0 Å². The van der Waals surface area contributed by atoms with Gasteiger partial charge in [-0.05, 0) is 39.2 Å². The van der Waals surface area contributed by atoms with Crippen LogP contribution >= 0.6 is 0 Å². The standard InChI is InChI=1S/C13H25N3O/c1-4-16(10-12(3)9-15)13(17)6-5-11(2)7-8-14/h11-12H,4-8,10,14H2,1-3H3. The third-order valence-electron chi connectivity index (χ3n) is 2.96. The number of nitriles is 1. The molecule has 17 heavy (non-hydrogen) atoms. The third kappa shape index (κ3) is 6.96. The summed E-state index contributed by atoms with van der Waals surface area (Å²) < 4.78 is 0. The first kappa shape index (κ1) is 15.9. The van der Waals surface area contributed by atoms with Crippen molar-refractivity contribution in [2.24, 2.45) is 17.6 Å². The second-order valence-electron chi connectivity index (χ2n) is 4.68. The van der Waals surface area contributed by atoms with Crippen molar-refractivity contribution in [3.05, 3.63) is 0 Å². The molecule has 2 N–H and O–H groups in total. The molecule has 0 spiro atoms. The fourth-order valence-corrected chi connectivity index (χ4v) is 1.74. The highest BCUT2D eigenvalue weighted by Gasteiger charge is 2.15. The molecule has 2 atom stereocenters. The Bertz CT molecular complexity index is 260. The number of nitrogens with zero attached hydrogens (tertiary/aromatic N) is 2. The summed E-state index contributed by atoms with van der Waals surface area (Å²) in [7, 11) is 0. The van der Waals surface area contributed by atoms with Gasteiger partial charge in [0.1, 0.15) is 0 Å². The summed E-state index contributed by atoms with van der Waals surface area (Å²) in [6.45, 7) is 7.80. The number of rotatable bonds is 8. The van der Waals surface area contributed by atoms with Gasteiger partial charge >= 0.3 is 0 Å². The Labute approximate surface area is 105 Å². The Morgan fingerprint density at radius 3 is 2.53 bits per heavy atom. The maximum Gasteiger partial charge on any atom is 0.222 e. The second kappa shape index (κ2) is 9.00. The Morgan fingerprint density at radius 1 is 1.41 bits per heavy atom. The topological polar surface area (TPSA) is 70.1 Å². The molecule has 0 bridgehead atoms. The van der Waals surface area contributed by atoms with E-state index in [0.29, 0.717) is 32.0 Å². The molecular weight excluding hydrogens is 214 g/mol. The molecule has 4 heteroatoms. The first-order chi connectivity index (χ1) is 8.04. The third-order valence-corrected chi connectivity index (χ3v) is 2.96. The van der Waals surface area contributed by atoms with Crippen LogP contribution in [0.3, 0.4) is 0 Å². The van der Waals surface area contributed by atoms with Crippen LogP contribution in [0.1, 0.15) is 40.0 Å². The molecule has 1 amide bonds. The summed E-state index contributed by atoms with van der Waals surface area (Å²) in [5.41, 5.74) is 5.47. The number of amides is 1. The number of carbonyl (C=O) groups is 1. The van der Waals surface area contributed by atoms with Crippen LogP contribution in [0.4, 0.5) is 0 Å².